The van der Waals surface area contributed by atoms with E-state index in [4.69, 9.17) is 9.63 Å². The molecule has 1 saturated carbocycles. The third-order valence-electron chi connectivity index (χ3n) is 7.44. The highest BCUT2D eigenvalue weighted by atomic mass is 19.1. The van der Waals surface area contributed by atoms with E-state index in [2.05, 4.69) is 20.4 Å². The summed E-state index contributed by atoms with van der Waals surface area (Å²) in [5, 5.41) is 16.8. The highest BCUT2D eigenvalue weighted by Gasteiger charge is 2.36. The second kappa shape index (κ2) is 9.15. The van der Waals surface area contributed by atoms with Gasteiger partial charge in [-0.25, -0.2) is 8.78 Å². The molecule has 4 aromatic rings. The predicted octanol–water partition coefficient (Wildman–Crippen LogP) is 5.49. The SMILES string of the molecule is Cc1cc(-c2nc(-c3ccc4c(c3)CCC4NC3CC(C(=O)O)C3)no2)c(F)cc1-c1ccncc1F. The van der Waals surface area contributed by atoms with E-state index in [1.165, 1.54) is 29.5 Å². The van der Waals surface area contributed by atoms with Crippen LogP contribution in [0.3, 0.4) is 0 Å². The zero-order valence-electron chi connectivity index (χ0n) is 20.0. The monoisotopic (exact) mass is 502 g/mol. The molecule has 0 amide bonds. The Morgan fingerprint density at radius 3 is 2.70 bits per heavy atom. The fourth-order valence-corrected chi connectivity index (χ4v) is 5.35. The van der Waals surface area contributed by atoms with Gasteiger partial charge < -0.3 is 14.9 Å². The fraction of sp³-hybridized carbons (Fsp3) is 0.286. The van der Waals surface area contributed by atoms with Crippen molar-refractivity contribution >= 4 is 5.97 Å². The largest absolute Gasteiger partial charge is 0.481 e. The molecule has 2 heterocycles. The van der Waals surface area contributed by atoms with E-state index < -0.39 is 17.6 Å². The number of carboxylic acid groups (broad SMARTS) is 1. The highest BCUT2D eigenvalue weighted by molar-refractivity contribution is 5.72. The number of carboxylic acids is 1. The molecule has 9 heteroatoms. The van der Waals surface area contributed by atoms with Crippen LogP contribution in [0.25, 0.3) is 34.0 Å². The molecule has 0 aliphatic heterocycles. The summed E-state index contributed by atoms with van der Waals surface area (Å²) in [5.74, 6) is -1.66. The molecule has 37 heavy (non-hydrogen) atoms. The van der Waals surface area contributed by atoms with Crippen LogP contribution < -0.4 is 5.32 Å². The fourth-order valence-electron chi connectivity index (χ4n) is 5.35. The standard InChI is InChI=1S/C28H24F2N4O3/c1-14-8-22(23(29)12-21(14)20-6-7-31-13-24(20)30)27-33-26(34-37-27)16-2-4-19-15(9-16)3-5-25(19)32-18-10-17(11-18)28(35)36/h2,4,6-9,12-13,17-18,25,32H,3,5,10-11H2,1H3,(H,35,36). The summed E-state index contributed by atoms with van der Waals surface area (Å²) < 4.78 is 34.7. The number of fused-ring (bicyclic) bond motifs is 1. The van der Waals surface area contributed by atoms with Gasteiger partial charge in [0.15, 0.2) is 0 Å². The Morgan fingerprint density at radius 2 is 1.92 bits per heavy atom. The molecule has 0 bridgehead atoms. The Morgan fingerprint density at radius 1 is 1.08 bits per heavy atom. The Labute approximate surface area is 211 Å². The molecule has 2 aromatic carbocycles. The number of nitrogens with one attached hydrogen (secondary N) is 1. The molecule has 1 atom stereocenters. The molecule has 2 aromatic heterocycles. The van der Waals surface area contributed by atoms with Gasteiger partial charge in [0.25, 0.3) is 5.89 Å². The molecule has 2 aliphatic carbocycles. The van der Waals surface area contributed by atoms with Crippen molar-refractivity contribution in [1.29, 1.82) is 0 Å². The first-order valence-corrected chi connectivity index (χ1v) is 12.2. The van der Waals surface area contributed by atoms with E-state index in [9.17, 15) is 9.18 Å². The normalized spacial score (nSPS) is 20.5. The van der Waals surface area contributed by atoms with Crippen LogP contribution in [0.5, 0.6) is 0 Å². The third kappa shape index (κ3) is 4.29. The van der Waals surface area contributed by atoms with Gasteiger partial charge in [0.1, 0.15) is 11.6 Å². The van der Waals surface area contributed by atoms with E-state index in [0.29, 0.717) is 29.8 Å². The van der Waals surface area contributed by atoms with Gasteiger partial charge in [0.2, 0.25) is 5.82 Å². The molecule has 7 nitrogen and oxygen atoms in total. The number of halogens is 2. The smallest absolute Gasteiger partial charge is 0.306 e. The summed E-state index contributed by atoms with van der Waals surface area (Å²) in [6.07, 6.45) is 5.73. The first kappa shape index (κ1) is 23.4. The summed E-state index contributed by atoms with van der Waals surface area (Å²) in [6, 6.07) is 10.8. The Bertz CT molecular complexity index is 1510. The van der Waals surface area contributed by atoms with Crippen LogP contribution >= 0.6 is 0 Å². The van der Waals surface area contributed by atoms with Crippen molar-refractivity contribution in [3.8, 4) is 34.0 Å². The highest BCUT2D eigenvalue weighted by Crippen LogP contribution is 2.38. The van der Waals surface area contributed by atoms with Crippen molar-refractivity contribution in [1.82, 2.24) is 20.4 Å². The zero-order chi connectivity index (χ0) is 25.7. The number of nitrogens with zero attached hydrogens (tertiary/aromatic N) is 3. The molecule has 0 saturated heterocycles. The minimum absolute atomic E-state index is 0.0513. The molecule has 0 spiro atoms. The van der Waals surface area contributed by atoms with Crippen molar-refractivity contribution in [2.45, 2.75) is 44.7 Å². The number of aromatic nitrogens is 3. The van der Waals surface area contributed by atoms with Crippen LogP contribution in [0.1, 0.15) is 42.0 Å². The maximum absolute atomic E-state index is 15.1. The Balaban J connectivity index is 1.21. The van der Waals surface area contributed by atoms with Crippen molar-refractivity contribution in [3.05, 3.63) is 77.1 Å². The number of hydrogen-bond donors (Lipinski definition) is 2. The van der Waals surface area contributed by atoms with Gasteiger partial charge in [-0.1, -0.05) is 17.3 Å². The van der Waals surface area contributed by atoms with E-state index in [0.717, 1.165) is 24.6 Å². The molecule has 2 aliphatic rings. The molecule has 2 N–H and O–H groups in total. The van der Waals surface area contributed by atoms with Crippen molar-refractivity contribution in [2.24, 2.45) is 5.92 Å². The van der Waals surface area contributed by atoms with E-state index in [1.807, 2.05) is 18.2 Å². The molecular weight excluding hydrogens is 478 g/mol. The van der Waals surface area contributed by atoms with Crippen LogP contribution in [0.2, 0.25) is 0 Å². The van der Waals surface area contributed by atoms with Gasteiger partial charge in [-0.15, -0.1) is 0 Å². The van der Waals surface area contributed by atoms with Gasteiger partial charge in [-0.3, -0.25) is 9.78 Å². The Kier molecular flexibility index (Phi) is 5.79. The molecule has 1 fully saturated rings. The van der Waals surface area contributed by atoms with Gasteiger partial charge in [-0.05, 0) is 79.1 Å². The first-order valence-electron chi connectivity index (χ1n) is 12.2. The Hall–Kier alpha value is -3.98. The van der Waals surface area contributed by atoms with Crippen molar-refractivity contribution in [2.75, 3.05) is 0 Å². The number of rotatable bonds is 6. The van der Waals surface area contributed by atoms with Gasteiger partial charge in [0, 0.05) is 29.4 Å². The van der Waals surface area contributed by atoms with Crippen molar-refractivity contribution < 1.29 is 23.2 Å². The van der Waals surface area contributed by atoms with E-state index in [-0.39, 0.29) is 35.0 Å². The minimum Gasteiger partial charge on any atom is -0.481 e. The predicted molar refractivity (Wildman–Crippen MR) is 131 cm³/mol. The number of pyridine rings is 1. The third-order valence-corrected chi connectivity index (χ3v) is 7.44. The molecule has 188 valence electrons. The number of benzene rings is 2. The maximum Gasteiger partial charge on any atom is 0.306 e. The van der Waals surface area contributed by atoms with Gasteiger partial charge in [0.05, 0.1) is 17.7 Å². The quantitative estimate of drug-likeness (QED) is 0.359. The van der Waals surface area contributed by atoms with Gasteiger partial charge >= 0.3 is 5.97 Å². The van der Waals surface area contributed by atoms with Crippen LogP contribution in [-0.2, 0) is 11.2 Å². The summed E-state index contributed by atoms with van der Waals surface area (Å²) in [4.78, 5) is 19.3. The van der Waals surface area contributed by atoms with Crippen molar-refractivity contribution in [3.63, 3.8) is 0 Å². The van der Waals surface area contributed by atoms with Crippen LogP contribution in [0.15, 0.2) is 53.3 Å². The lowest BCUT2D eigenvalue weighted by atomic mass is 9.80. The molecule has 6 rings (SSSR count). The number of aryl methyl sites for hydroxylation is 2. The van der Waals surface area contributed by atoms with E-state index in [1.54, 1.807) is 13.0 Å². The number of aliphatic carboxylic acids is 1. The second-order valence-electron chi connectivity index (χ2n) is 9.80. The second-order valence-corrected chi connectivity index (χ2v) is 9.80. The summed E-state index contributed by atoms with van der Waals surface area (Å²) in [6.45, 7) is 1.77. The molecule has 0 radical (unpaired) electrons. The average molecular weight is 503 g/mol. The maximum atomic E-state index is 15.1. The number of carbonyl (C=O) groups is 1. The average Bonchev–Trinajstić information content (AvgIpc) is 3.49. The number of hydrogen-bond acceptors (Lipinski definition) is 6. The lowest BCUT2D eigenvalue weighted by Gasteiger charge is -2.35. The lowest BCUT2D eigenvalue weighted by molar-refractivity contribution is -0.145. The molecule has 1 unspecified atom stereocenters. The van der Waals surface area contributed by atoms with Gasteiger partial charge in [-0.2, -0.15) is 4.98 Å². The van der Waals surface area contributed by atoms with E-state index >= 15 is 4.39 Å². The summed E-state index contributed by atoms with van der Waals surface area (Å²) in [5.41, 5.74) is 4.68. The zero-order valence-corrected chi connectivity index (χ0v) is 20.0. The molecular formula is C28H24F2N4O3. The topological polar surface area (TPSA) is 101 Å². The van der Waals surface area contributed by atoms with Crippen LogP contribution in [0.4, 0.5) is 8.78 Å². The minimum atomic E-state index is -0.720. The summed E-state index contributed by atoms with van der Waals surface area (Å²) in [7, 11) is 0. The summed E-state index contributed by atoms with van der Waals surface area (Å²) >= 11 is 0. The van der Waals surface area contributed by atoms with Crippen LogP contribution in [0, 0.1) is 24.5 Å². The lowest BCUT2D eigenvalue weighted by Crippen LogP contribution is -2.45. The van der Waals surface area contributed by atoms with Crippen LogP contribution in [-0.4, -0.2) is 32.2 Å². The first-order chi connectivity index (χ1) is 17.9.